The minimum Gasteiger partial charge on any atom is -0.326 e. The Hall–Kier alpha value is -0.470. The number of benzene rings is 1. The van der Waals surface area contributed by atoms with Crippen molar-refractivity contribution in [2.45, 2.75) is 43.9 Å². The van der Waals surface area contributed by atoms with Gasteiger partial charge in [0.15, 0.2) is 0 Å². The van der Waals surface area contributed by atoms with Gasteiger partial charge in [0, 0.05) is 16.7 Å². The molecule has 2 heteroatoms. The molecule has 0 amide bonds. The Morgan fingerprint density at radius 2 is 2.14 bits per heavy atom. The smallest absolute Gasteiger partial charge is 0.0189 e. The highest BCUT2D eigenvalue weighted by Gasteiger charge is 2.05. The van der Waals surface area contributed by atoms with Crippen LogP contribution >= 0.6 is 11.8 Å². The Bertz CT molecular complexity index is 296. The third kappa shape index (κ3) is 3.03. The topological polar surface area (TPSA) is 26.0 Å². The molecule has 0 fully saturated rings. The Labute approximate surface area is 91.1 Å². The van der Waals surface area contributed by atoms with Gasteiger partial charge in [0.25, 0.3) is 0 Å². The van der Waals surface area contributed by atoms with Crippen molar-refractivity contribution < 1.29 is 0 Å². The van der Waals surface area contributed by atoms with Gasteiger partial charge in [-0.2, -0.15) is 0 Å². The van der Waals surface area contributed by atoms with Crippen LogP contribution in [0.5, 0.6) is 0 Å². The van der Waals surface area contributed by atoms with E-state index in [1.54, 1.807) is 0 Å². The second-order valence-corrected chi connectivity index (χ2v) is 5.13. The molecule has 0 aliphatic rings. The predicted octanol–water partition coefficient (Wildman–Crippen LogP) is 3.34. The summed E-state index contributed by atoms with van der Waals surface area (Å²) in [6.07, 6.45) is 1.20. The molecule has 0 aliphatic heterocycles. The van der Waals surface area contributed by atoms with E-state index in [9.17, 15) is 0 Å². The highest BCUT2D eigenvalue weighted by atomic mass is 32.2. The Kier molecular flexibility index (Phi) is 4.49. The van der Waals surface area contributed by atoms with E-state index in [2.05, 4.69) is 39.0 Å². The summed E-state index contributed by atoms with van der Waals surface area (Å²) in [5.74, 6) is 0. The third-order valence-corrected chi connectivity index (χ3v) is 3.73. The van der Waals surface area contributed by atoms with Gasteiger partial charge in [0.05, 0.1) is 0 Å². The summed E-state index contributed by atoms with van der Waals surface area (Å²) in [5.41, 5.74) is 8.29. The molecule has 0 aliphatic carbocycles. The van der Waals surface area contributed by atoms with E-state index in [1.165, 1.54) is 22.4 Å². The lowest BCUT2D eigenvalue weighted by atomic mass is 10.1. The minimum absolute atomic E-state index is 0.639. The molecule has 1 nitrogen and oxygen atoms in total. The zero-order valence-corrected chi connectivity index (χ0v) is 10.0. The highest BCUT2D eigenvalue weighted by molar-refractivity contribution is 8.00. The van der Waals surface area contributed by atoms with Gasteiger partial charge in [-0.1, -0.05) is 31.5 Å². The lowest BCUT2D eigenvalue weighted by Crippen LogP contribution is -2.01. The van der Waals surface area contributed by atoms with Crippen LogP contribution in [0.1, 0.15) is 31.4 Å². The molecule has 14 heavy (non-hydrogen) atoms. The molecule has 78 valence electrons. The van der Waals surface area contributed by atoms with Crippen LogP contribution in [0.2, 0.25) is 0 Å². The Morgan fingerprint density at radius 3 is 2.71 bits per heavy atom. The molecule has 0 spiro atoms. The van der Waals surface area contributed by atoms with Gasteiger partial charge >= 0.3 is 0 Å². The summed E-state index contributed by atoms with van der Waals surface area (Å²) in [7, 11) is 0. The lowest BCUT2D eigenvalue weighted by molar-refractivity contribution is 0.902. The average molecular weight is 209 g/mol. The first-order valence-electron chi connectivity index (χ1n) is 5.13. The Morgan fingerprint density at radius 1 is 1.43 bits per heavy atom. The molecule has 2 N–H and O–H groups in total. The maximum Gasteiger partial charge on any atom is 0.0189 e. The number of thioether (sulfide) groups is 1. The van der Waals surface area contributed by atoms with Crippen molar-refractivity contribution in [2.75, 3.05) is 0 Å². The molecule has 1 unspecified atom stereocenters. The SMILES string of the molecule is CCC(C)Sc1ccc(C)cc1CN. The molecule has 1 atom stereocenters. The van der Waals surface area contributed by atoms with E-state index < -0.39 is 0 Å². The van der Waals surface area contributed by atoms with Crippen LogP contribution in [-0.4, -0.2) is 5.25 Å². The fourth-order valence-corrected chi connectivity index (χ4v) is 2.32. The summed E-state index contributed by atoms with van der Waals surface area (Å²) in [6.45, 7) is 7.22. The number of nitrogens with two attached hydrogens (primary N) is 1. The molecule has 0 saturated carbocycles. The second kappa shape index (κ2) is 5.42. The maximum atomic E-state index is 5.72. The molecule has 0 saturated heterocycles. The van der Waals surface area contributed by atoms with Gasteiger partial charge in [-0.15, -0.1) is 11.8 Å². The highest BCUT2D eigenvalue weighted by Crippen LogP contribution is 2.28. The number of hydrogen-bond acceptors (Lipinski definition) is 2. The molecule has 1 rings (SSSR count). The van der Waals surface area contributed by atoms with Crippen molar-refractivity contribution in [3.05, 3.63) is 29.3 Å². The number of hydrogen-bond donors (Lipinski definition) is 1. The van der Waals surface area contributed by atoms with Crippen LogP contribution in [0, 0.1) is 6.92 Å². The van der Waals surface area contributed by atoms with Crippen LogP contribution < -0.4 is 5.73 Å². The van der Waals surface area contributed by atoms with Gasteiger partial charge in [-0.05, 0) is 25.0 Å². The minimum atomic E-state index is 0.639. The van der Waals surface area contributed by atoms with E-state index in [1.807, 2.05) is 11.8 Å². The summed E-state index contributed by atoms with van der Waals surface area (Å²) < 4.78 is 0. The molecule has 1 aromatic rings. The van der Waals surface area contributed by atoms with Gasteiger partial charge in [0.1, 0.15) is 0 Å². The largest absolute Gasteiger partial charge is 0.326 e. The van der Waals surface area contributed by atoms with Crippen LogP contribution in [0.3, 0.4) is 0 Å². The maximum absolute atomic E-state index is 5.72. The van der Waals surface area contributed by atoms with E-state index in [0.29, 0.717) is 11.8 Å². The van der Waals surface area contributed by atoms with Crippen molar-refractivity contribution in [3.63, 3.8) is 0 Å². The molecular formula is C12H19NS. The number of rotatable bonds is 4. The van der Waals surface area contributed by atoms with Crippen molar-refractivity contribution in [2.24, 2.45) is 5.73 Å². The van der Waals surface area contributed by atoms with Crippen molar-refractivity contribution >= 4 is 11.8 Å². The average Bonchev–Trinajstić information content (AvgIpc) is 2.20. The van der Waals surface area contributed by atoms with Crippen molar-refractivity contribution in [1.82, 2.24) is 0 Å². The first-order valence-corrected chi connectivity index (χ1v) is 6.01. The number of aryl methyl sites for hydroxylation is 1. The third-order valence-electron chi connectivity index (χ3n) is 2.34. The molecule has 0 radical (unpaired) electrons. The summed E-state index contributed by atoms with van der Waals surface area (Å²) in [6, 6.07) is 6.53. The van der Waals surface area contributed by atoms with Gasteiger partial charge in [0.2, 0.25) is 0 Å². The molecule has 0 heterocycles. The molecular weight excluding hydrogens is 190 g/mol. The fraction of sp³-hybridized carbons (Fsp3) is 0.500. The van der Waals surface area contributed by atoms with Crippen molar-refractivity contribution in [3.8, 4) is 0 Å². The summed E-state index contributed by atoms with van der Waals surface area (Å²) in [5, 5.41) is 0.669. The molecule has 0 bridgehead atoms. The monoisotopic (exact) mass is 209 g/mol. The first-order chi connectivity index (χ1) is 6.67. The van der Waals surface area contributed by atoms with E-state index in [4.69, 9.17) is 5.73 Å². The van der Waals surface area contributed by atoms with Crippen molar-refractivity contribution in [1.29, 1.82) is 0 Å². The predicted molar refractivity (Wildman–Crippen MR) is 64.7 cm³/mol. The molecule has 1 aromatic carbocycles. The summed E-state index contributed by atoms with van der Waals surface area (Å²) >= 11 is 1.92. The lowest BCUT2D eigenvalue weighted by Gasteiger charge is -2.12. The Balaban J connectivity index is 2.85. The van der Waals surface area contributed by atoms with Gasteiger partial charge in [-0.25, -0.2) is 0 Å². The van der Waals surface area contributed by atoms with Crippen LogP contribution in [0.4, 0.5) is 0 Å². The van der Waals surface area contributed by atoms with Crippen LogP contribution in [0.15, 0.2) is 23.1 Å². The second-order valence-electron chi connectivity index (χ2n) is 3.65. The van der Waals surface area contributed by atoms with Crippen LogP contribution in [0.25, 0.3) is 0 Å². The van der Waals surface area contributed by atoms with E-state index in [0.717, 1.165) is 0 Å². The summed E-state index contributed by atoms with van der Waals surface area (Å²) in [4.78, 5) is 1.34. The van der Waals surface area contributed by atoms with Gasteiger partial charge < -0.3 is 5.73 Å². The fourth-order valence-electron chi connectivity index (χ4n) is 1.28. The van der Waals surface area contributed by atoms with Crippen LogP contribution in [-0.2, 0) is 6.54 Å². The first kappa shape index (κ1) is 11.6. The zero-order chi connectivity index (χ0) is 10.6. The molecule has 0 aromatic heterocycles. The quantitative estimate of drug-likeness (QED) is 0.770. The van der Waals surface area contributed by atoms with Gasteiger partial charge in [-0.3, -0.25) is 0 Å². The van der Waals surface area contributed by atoms with E-state index >= 15 is 0 Å². The normalized spacial score (nSPS) is 12.9. The standard InChI is InChI=1S/C12H19NS/c1-4-10(3)14-12-6-5-9(2)7-11(12)8-13/h5-7,10H,4,8,13H2,1-3H3. The zero-order valence-electron chi connectivity index (χ0n) is 9.21. The van der Waals surface area contributed by atoms with E-state index in [-0.39, 0.29) is 0 Å².